The Kier molecular flexibility index (Phi) is 6.09. The normalized spacial score (nSPS) is 10.4. The lowest BCUT2D eigenvalue weighted by Crippen LogP contribution is -2.03. The smallest absolute Gasteiger partial charge is 0.161 e. The zero-order chi connectivity index (χ0) is 18.2. The van der Waals surface area contributed by atoms with Crippen molar-refractivity contribution >= 4 is 5.69 Å². The first-order valence-corrected chi connectivity index (χ1v) is 8.66. The van der Waals surface area contributed by atoms with Gasteiger partial charge in [0, 0.05) is 12.2 Å². The second kappa shape index (κ2) is 8.90. The standard InChI is InChI=1S/C22H22FNO2/c1-2-25-22-14-17(15-24-20-9-4-3-5-10-20)11-12-21(22)26-16-18-7-6-8-19(23)13-18/h3-14,24H,2,15-16H2,1H3. The largest absolute Gasteiger partial charge is 0.490 e. The second-order valence-electron chi connectivity index (χ2n) is 5.85. The van der Waals surface area contributed by atoms with Gasteiger partial charge in [-0.15, -0.1) is 0 Å². The fourth-order valence-electron chi connectivity index (χ4n) is 2.60. The van der Waals surface area contributed by atoms with E-state index in [0.29, 0.717) is 31.3 Å². The Morgan fingerprint density at radius 2 is 1.65 bits per heavy atom. The molecule has 0 radical (unpaired) electrons. The zero-order valence-electron chi connectivity index (χ0n) is 14.7. The van der Waals surface area contributed by atoms with Gasteiger partial charge in [0.2, 0.25) is 0 Å². The summed E-state index contributed by atoms with van der Waals surface area (Å²) in [7, 11) is 0. The number of hydrogen-bond acceptors (Lipinski definition) is 3. The molecule has 0 atom stereocenters. The van der Waals surface area contributed by atoms with Crippen molar-refractivity contribution in [3.63, 3.8) is 0 Å². The van der Waals surface area contributed by atoms with E-state index in [9.17, 15) is 4.39 Å². The van der Waals surface area contributed by atoms with E-state index in [1.54, 1.807) is 6.07 Å². The van der Waals surface area contributed by atoms with Gasteiger partial charge < -0.3 is 14.8 Å². The molecule has 0 amide bonds. The number of anilines is 1. The minimum atomic E-state index is -0.265. The van der Waals surface area contributed by atoms with Gasteiger partial charge in [0.25, 0.3) is 0 Å². The van der Waals surface area contributed by atoms with Gasteiger partial charge in [0.15, 0.2) is 11.5 Å². The molecular weight excluding hydrogens is 329 g/mol. The Bertz CT molecular complexity index is 837. The Labute approximate surface area is 153 Å². The molecule has 4 heteroatoms. The van der Waals surface area contributed by atoms with Crippen molar-refractivity contribution in [3.8, 4) is 11.5 Å². The van der Waals surface area contributed by atoms with Crippen molar-refractivity contribution in [1.82, 2.24) is 0 Å². The maximum atomic E-state index is 13.3. The van der Waals surface area contributed by atoms with Crippen LogP contribution in [0.2, 0.25) is 0 Å². The van der Waals surface area contributed by atoms with Crippen molar-refractivity contribution < 1.29 is 13.9 Å². The van der Waals surface area contributed by atoms with E-state index in [2.05, 4.69) is 5.32 Å². The third-order valence-electron chi connectivity index (χ3n) is 3.86. The highest BCUT2D eigenvalue weighted by molar-refractivity contribution is 5.46. The number of benzene rings is 3. The van der Waals surface area contributed by atoms with E-state index in [1.807, 2.05) is 61.5 Å². The molecule has 0 aromatic heterocycles. The molecular formula is C22H22FNO2. The Hall–Kier alpha value is -3.01. The van der Waals surface area contributed by atoms with Crippen molar-refractivity contribution in [2.75, 3.05) is 11.9 Å². The van der Waals surface area contributed by atoms with Crippen molar-refractivity contribution in [1.29, 1.82) is 0 Å². The number of halogens is 1. The summed E-state index contributed by atoms with van der Waals surface area (Å²) in [5, 5.41) is 3.38. The highest BCUT2D eigenvalue weighted by Gasteiger charge is 2.08. The molecule has 26 heavy (non-hydrogen) atoms. The van der Waals surface area contributed by atoms with Crippen LogP contribution in [0.1, 0.15) is 18.1 Å². The molecule has 3 rings (SSSR count). The molecule has 3 aromatic rings. The average molecular weight is 351 g/mol. The summed E-state index contributed by atoms with van der Waals surface area (Å²) in [5.74, 6) is 1.08. The molecule has 0 spiro atoms. The molecule has 3 nitrogen and oxygen atoms in total. The predicted octanol–water partition coefficient (Wildman–Crippen LogP) is 5.42. The molecule has 0 saturated heterocycles. The Morgan fingerprint density at radius 1 is 0.808 bits per heavy atom. The van der Waals surface area contributed by atoms with Crippen LogP contribution in [0.5, 0.6) is 11.5 Å². The zero-order valence-corrected chi connectivity index (χ0v) is 14.7. The first-order valence-electron chi connectivity index (χ1n) is 8.66. The maximum Gasteiger partial charge on any atom is 0.161 e. The van der Waals surface area contributed by atoms with Crippen molar-refractivity contribution in [3.05, 3.63) is 89.7 Å². The van der Waals surface area contributed by atoms with Crippen LogP contribution in [0.25, 0.3) is 0 Å². The summed E-state index contributed by atoms with van der Waals surface area (Å²) in [4.78, 5) is 0. The van der Waals surface area contributed by atoms with E-state index < -0.39 is 0 Å². The van der Waals surface area contributed by atoms with Crippen LogP contribution in [-0.4, -0.2) is 6.61 Å². The molecule has 0 saturated carbocycles. The van der Waals surface area contributed by atoms with Crippen molar-refractivity contribution in [2.24, 2.45) is 0 Å². The summed E-state index contributed by atoms with van der Waals surface area (Å²) < 4.78 is 24.8. The fraction of sp³-hybridized carbons (Fsp3) is 0.182. The summed E-state index contributed by atoms with van der Waals surface area (Å²) >= 11 is 0. The summed E-state index contributed by atoms with van der Waals surface area (Å²) in [6.45, 7) is 3.46. The molecule has 0 fully saturated rings. The molecule has 0 bridgehead atoms. The Balaban J connectivity index is 1.67. The van der Waals surface area contributed by atoms with Crippen LogP contribution in [0.15, 0.2) is 72.8 Å². The van der Waals surface area contributed by atoms with Crippen LogP contribution < -0.4 is 14.8 Å². The van der Waals surface area contributed by atoms with Crippen LogP contribution >= 0.6 is 0 Å². The van der Waals surface area contributed by atoms with Gasteiger partial charge in [0.05, 0.1) is 6.61 Å². The van der Waals surface area contributed by atoms with Gasteiger partial charge in [-0.2, -0.15) is 0 Å². The summed E-state index contributed by atoms with van der Waals surface area (Å²) in [5.41, 5.74) is 2.94. The molecule has 0 aliphatic carbocycles. The van der Waals surface area contributed by atoms with Crippen molar-refractivity contribution in [2.45, 2.75) is 20.1 Å². The lowest BCUT2D eigenvalue weighted by Gasteiger charge is -2.14. The molecule has 1 N–H and O–H groups in total. The van der Waals surface area contributed by atoms with Crippen LogP contribution in [0.4, 0.5) is 10.1 Å². The SMILES string of the molecule is CCOc1cc(CNc2ccccc2)ccc1OCc1cccc(F)c1. The number of para-hydroxylation sites is 1. The molecule has 3 aromatic carbocycles. The van der Waals surface area contributed by atoms with E-state index in [0.717, 1.165) is 16.8 Å². The van der Waals surface area contributed by atoms with E-state index in [-0.39, 0.29) is 5.82 Å². The van der Waals surface area contributed by atoms with Gasteiger partial charge in [-0.3, -0.25) is 0 Å². The van der Waals surface area contributed by atoms with E-state index in [1.165, 1.54) is 12.1 Å². The summed E-state index contributed by atoms with van der Waals surface area (Å²) in [6, 6.07) is 22.3. The quantitative estimate of drug-likeness (QED) is 0.588. The molecule has 0 aliphatic rings. The molecule has 134 valence electrons. The van der Waals surface area contributed by atoms with Crippen LogP contribution in [0.3, 0.4) is 0 Å². The van der Waals surface area contributed by atoms with E-state index >= 15 is 0 Å². The predicted molar refractivity (Wildman–Crippen MR) is 102 cm³/mol. The maximum absolute atomic E-state index is 13.3. The van der Waals surface area contributed by atoms with Gasteiger partial charge in [-0.1, -0.05) is 36.4 Å². The van der Waals surface area contributed by atoms with Gasteiger partial charge in [0.1, 0.15) is 12.4 Å². The molecule has 0 unspecified atom stereocenters. The third-order valence-corrected chi connectivity index (χ3v) is 3.86. The number of rotatable bonds is 8. The Morgan fingerprint density at radius 3 is 2.42 bits per heavy atom. The van der Waals surface area contributed by atoms with Gasteiger partial charge in [-0.05, 0) is 54.4 Å². The van der Waals surface area contributed by atoms with Gasteiger partial charge >= 0.3 is 0 Å². The van der Waals surface area contributed by atoms with Crippen LogP contribution in [0, 0.1) is 5.82 Å². The fourth-order valence-corrected chi connectivity index (χ4v) is 2.60. The highest BCUT2D eigenvalue weighted by Crippen LogP contribution is 2.29. The first-order chi connectivity index (χ1) is 12.7. The lowest BCUT2D eigenvalue weighted by atomic mass is 10.2. The third kappa shape index (κ3) is 4.99. The average Bonchev–Trinajstić information content (AvgIpc) is 2.67. The second-order valence-corrected chi connectivity index (χ2v) is 5.85. The minimum Gasteiger partial charge on any atom is -0.490 e. The van der Waals surface area contributed by atoms with Gasteiger partial charge in [-0.25, -0.2) is 4.39 Å². The number of ether oxygens (including phenoxy) is 2. The highest BCUT2D eigenvalue weighted by atomic mass is 19.1. The van der Waals surface area contributed by atoms with E-state index in [4.69, 9.17) is 9.47 Å². The number of hydrogen-bond donors (Lipinski definition) is 1. The first kappa shape index (κ1) is 17.8. The topological polar surface area (TPSA) is 30.5 Å². The summed E-state index contributed by atoms with van der Waals surface area (Å²) in [6.07, 6.45) is 0. The lowest BCUT2D eigenvalue weighted by molar-refractivity contribution is 0.269. The molecule has 0 aliphatic heterocycles. The monoisotopic (exact) mass is 351 g/mol. The number of nitrogens with one attached hydrogen (secondary N) is 1. The van der Waals surface area contributed by atoms with Crippen LogP contribution in [-0.2, 0) is 13.2 Å². The minimum absolute atomic E-state index is 0.265. The molecule has 0 heterocycles.